The third-order valence-electron chi connectivity index (χ3n) is 2.65. The molecule has 0 aliphatic carbocycles. The first-order chi connectivity index (χ1) is 9.58. The van der Waals surface area contributed by atoms with Crippen LogP contribution in [0.3, 0.4) is 0 Å². The van der Waals surface area contributed by atoms with Crippen LogP contribution in [0.2, 0.25) is 5.02 Å². The van der Waals surface area contributed by atoms with Crippen molar-refractivity contribution in [3.63, 3.8) is 0 Å². The second-order valence-electron chi connectivity index (χ2n) is 4.16. The minimum atomic E-state index is -0.121. The van der Waals surface area contributed by atoms with Crippen LogP contribution in [0.1, 0.15) is 11.1 Å². The Hall–Kier alpha value is -1.83. The van der Waals surface area contributed by atoms with Gasteiger partial charge in [-0.1, -0.05) is 23.7 Å². The van der Waals surface area contributed by atoms with E-state index in [9.17, 15) is 4.79 Å². The van der Waals surface area contributed by atoms with Crippen molar-refractivity contribution in [1.29, 1.82) is 5.26 Å². The molecule has 1 amide bonds. The highest BCUT2D eigenvalue weighted by atomic mass is 79.9. The normalized spacial score (nSPS) is 9.85. The van der Waals surface area contributed by atoms with Crippen LogP contribution in [-0.4, -0.2) is 5.91 Å². The van der Waals surface area contributed by atoms with Gasteiger partial charge in [0.05, 0.1) is 23.1 Å². The Kier molecular flexibility index (Phi) is 4.78. The Balaban J connectivity index is 2.01. The quantitative estimate of drug-likeness (QED) is 0.905. The molecule has 2 rings (SSSR count). The van der Waals surface area contributed by atoms with Crippen LogP contribution in [-0.2, 0) is 11.2 Å². The maximum absolute atomic E-state index is 11.9. The van der Waals surface area contributed by atoms with Gasteiger partial charge in [0.25, 0.3) is 0 Å². The first-order valence-corrected chi connectivity index (χ1v) is 6.99. The molecule has 0 saturated carbocycles. The molecule has 0 aromatic heterocycles. The number of carbonyl (C=O) groups excluding carboxylic acids is 1. The number of rotatable bonds is 3. The predicted molar refractivity (Wildman–Crippen MR) is 82.6 cm³/mol. The topological polar surface area (TPSA) is 52.9 Å². The van der Waals surface area contributed by atoms with Gasteiger partial charge in [-0.05, 0) is 51.8 Å². The maximum Gasteiger partial charge on any atom is 0.228 e. The van der Waals surface area contributed by atoms with Gasteiger partial charge in [-0.3, -0.25) is 4.79 Å². The number of benzene rings is 2. The minimum absolute atomic E-state index is 0.121. The monoisotopic (exact) mass is 348 g/mol. The molecule has 100 valence electrons. The summed E-state index contributed by atoms with van der Waals surface area (Å²) in [5.74, 6) is -0.121. The van der Waals surface area contributed by atoms with Gasteiger partial charge in [-0.25, -0.2) is 0 Å². The van der Waals surface area contributed by atoms with Crippen LogP contribution in [0.25, 0.3) is 0 Å². The molecule has 5 heteroatoms. The third-order valence-corrected chi connectivity index (χ3v) is 3.87. The van der Waals surface area contributed by atoms with Crippen molar-refractivity contribution in [3.8, 4) is 6.07 Å². The lowest BCUT2D eigenvalue weighted by Gasteiger charge is -2.06. The van der Waals surface area contributed by atoms with Crippen molar-refractivity contribution >= 4 is 39.1 Å². The predicted octanol–water partition coefficient (Wildman–Crippen LogP) is 4.16. The van der Waals surface area contributed by atoms with Gasteiger partial charge in [0.15, 0.2) is 0 Å². The number of nitrogens with zero attached hydrogens (tertiary/aromatic N) is 1. The molecule has 0 aliphatic heterocycles. The summed E-state index contributed by atoms with van der Waals surface area (Å²) in [4.78, 5) is 11.9. The smallest absolute Gasteiger partial charge is 0.228 e. The van der Waals surface area contributed by atoms with Crippen LogP contribution in [0.5, 0.6) is 0 Å². The molecule has 20 heavy (non-hydrogen) atoms. The third kappa shape index (κ3) is 3.83. The molecule has 1 N–H and O–H groups in total. The standard InChI is InChI=1S/C15H10BrClN2O/c16-13-8-12(5-6-14(13)17)19-15(20)7-10-1-3-11(9-18)4-2-10/h1-6,8H,7H2,(H,19,20). The number of nitriles is 1. The van der Waals surface area contributed by atoms with Gasteiger partial charge in [0.1, 0.15) is 0 Å². The molecule has 2 aromatic carbocycles. The Morgan fingerprint density at radius 1 is 1.25 bits per heavy atom. The zero-order chi connectivity index (χ0) is 14.5. The Bertz CT molecular complexity index is 677. The summed E-state index contributed by atoms with van der Waals surface area (Å²) in [6, 6.07) is 14.2. The van der Waals surface area contributed by atoms with Crippen molar-refractivity contribution in [3.05, 3.63) is 63.1 Å². The average Bonchev–Trinajstić information content (AvgIpc) is 2.44. The molecular weight excluding hydrogens is 340 g/mol. The zero-order valence-corrected chi connectivity index (χ0v) is 12.7. The fourth-order valence-electron chi connectivity index (χ4n) is 1.66. The van der Waals surface area contributed by atoms with E-state index in [2.05, 4.69) is 21.2 Å². The summed E-state index contributed by atoms with van der Waals surface area (Å²) in [7, 11) is 0. The fourth-order valence-corrected chi connectivity index (χ4v) is 2.16. The summed E-state index contributed by atoms with van der Waals surface area (Å²) >= 11 is 9.19. The molecule has 0 bridgehead atoms. The van der Waals surface area contributed by atoms with Gasteiger partial charge in [-0.2, -0.15) is 5.26 Å². The number of nitrogens with one attached hydrogen (secondary N) is 1. The summed E-state index contributed by atoms with van der Waals surface area (Å²) in [6.45, 7) is 0. The number of halogens is 2. The SMILES string of the molecule is N#Cc1ccc(CC(=O)Nc2ccc(Cl)c(Br)c2)cc1. The van der Waals surface area contributed by atoms with Gasteiger partial charge in [0.2, 0.25) is 5.91 Å². The minimum Gasteiger partial charge on any atom is -0.326 e. The molecular formula is C15H10BrClN2O. The molecule has 0 saturated heterocycles. The number of hydrogen-bond acceptors (Lipinski definition) is 2. The molecule has 3 nitrogen and oxygen atoms in total. The van der Waals surface area contributed by atoms with E-state index in [1.807, 2.05) is 6.07 Å². The lowest BCUT2D eigenvalue weighted by atomic mass is 10.1. The van der Waals surface area contributed by atoms with Crippen molar-refractivity contribution in [2.75, 3.05) is 5.32 Å². The van der Waals surface area contributed by atoms with Crippen LogP contribution < -0.4 is 5.32 Å². The second-order valence-corrected chi connectivity index (χ2v) is 5.42. The Morgan fingerprint density at radius 2 is 1.95 bits per heavy atom. The van der Waals surface area contributed by atoms with E-state index in [0.29, 0.717) is 16.3 Å². The average molecular weight is 350 g/mol. The Labute approximate surface area is 130 Å². The van der Waals surface area contributed by atoms with E-state index in [0.717, 1.165) is 10.0 Å². The summed E-state index contributed by atoms with van der Waals surface area (Å²) in [5.41, 5.74) is 2.12. The van der Waals surface area contributed by atoms with E-state index < -0.39 is 0 Å². The van der Waals surface area contributed by atoms with E-state index in [1.165, 1.54) is 0 Å². The van der Waals surface area contributed by atoms with Crippen LogP contribution in [0.4, 0.5) is 5.69 Å². The van der Waals surface area contributed by atoms with Gasteiger partial charge in [0, 0.05) is 10.2 Å². The first kappa shape index (κ1) is 14.6. The van der Waals surface area contributed by atoms with E-state index in [-0.39, 0.29) is 12.3 Å². The fraction of sp³-hybridized carbons (Fsp3) is 0.0667. The van der Waals surface area contributed by atoms with Crippen LogP contribution >= 0.6 is 27.5 Å². The Morgan fingerprint density at radius 3 is 2.55 bits per heavy atom. The van der Waals surface area contributed by atoms with Crippen molar-refractivity contribution in [2.45, 2.75) is 6.42 Å². The molecule has 0 radical (unpaired) electrons. The van der Waals surface area contributed by atoms with Crippen LogP contribution in [0, 0.1) is 11.3 Å². The lowest BCUT2D eigenvalue weighted by molar-refractivity contribution is -0.115. The highest BCUT2D eigenvalue weighted by molar-refractivity contribution is 9.10. The summed E-state index contributed by atoms with van der Waals surface area (Å²) in [6.07, 6.45) is 0.256. The molecule has 0 aliphatic rings. The van der Waals surface area contributed by atoms with Crippen molar-refractivity contribution in [1.82, 2.24) is 0 Å². The summed E-state index contributed by atoms with van der Waals surface area (Å²) < 4.78 is 0.732. The molecule has 0 heterocycles. The second kappa shape index (κ2) is 6.56. The molecule has 0 spiro atoms. The summed E-state index contributed by atoms with van der Waals surface area (Å²) in [5, 5.41) is 12.1. The largest absolute Gasteiger partial charge is 0.326 e. The van der Waals surface area contributed by atoms with E-state index in [1.54, 1.807) is 42.5 Å². The number of hydrogen-bond donors (Lipinski definition) is 1. The van der Waals surface area contributed by atoms with Gasteiger partial charge in [-0.15, -0.1) is 0 Å². The molecule has 0 atom stereocenters. The molecule has 2 aromatic rings. The highest BCUT2D eigenvalue weighted by Crippen LogP contribution is 2.25. The number of anilines is 1. The number of amides is 1. The zero-order valence-electron chi connectivity index (χ0n) is 10.4. The lowest BCUT2D eigenvalue weighted by Crippen LogP contribution is -2.14. The maximum atomic E-state index is 11.9. The van der Waals surface area contributed by atoms with Crippen LogP contribution in [0.15, 0.2) is 46.9 Å². The van der Waals surface area contributed by atoms with Gasteiger partial charge >= 0.3 is 0 Å². The number of carbonyl (C=O) groups is 1. The van der Waals surface area contributed by atoms with Crippen molar-refractivity contribution in [2.24, 2.45) is 0 Å². The molecule has 0 fully saturated rings. The van der Waals surface area contributed by atoms with E-state index in [4.69, 9.17) is 16.9 Å². The van der Waals surface area contributed by atoms with Crippen molar-refractivity contribution < 1.29 is 4.79 Å². The molecule has 0 unspecified atom stereocenters. The highest BCUT2D eigenvalue weighted by Gasteiger charge is 2.06. The van der Waals surface area contributed by atoms with E-state index >= 15 is 0 Å². The first-order valence-electron chi connectivity index (χ1n) is 5.82. The van der Waals surface area contributed by atoms with Gasteiger partial charge < -0.3 is 5.32 Å².